The SMILES string of the molecule is CN=C(NCc1ccccn1)NCC1(c2cccc(C(F)(F)F)c2)CCC1.I. The molecule has 0 atom stereocenters. The first-order valence-corrected chi connectivity index (χ1v) is 8.95. The van der Waals surface area contributed by atoms with Gasteiger partial charge in [0.15, 0.2) is 5.96 Å². The average Bonchev–Trinajstić information content (AvgIpc) is 2.63. The molecule has 1 saturated carbocycles. The lowest BCUT2D eigenvalue weighted by Crippen LogP contribution is -2.48. The van der Waals surface area contributed by atoms with E-state index in [1.165, 1.54) is 12.1 Å². The quantitative estimate of drug-likeness (QED) is 0.358. The smallest absolute Gasteiger partial charge is 0.356 e. The van der Waals surface area contributed by atoms with Crippen molar-refractivity contribution in [1.82, 2.24) is 15.6 Å². The van der Waals surface area contributed by atoms with Crippen molar-refractivity contribution in [1.29, 1.82) is 0 Å². The van der Waals surface area contributed by atoms with Crippen LogP contribution in [0.5, 0.6) is 0 Å². The largest absolute Gasteiger partial charge is 0.416 e. The van der Waals surface area contributed by atoms with Crippen LogP contribution in [0.15, 0.2) is 53.7 Å². The molecular formula is C20H24F3IN4. The molecule has 0 amide bonds. The molecule has 2 aromatic rings. The van der Waals surface area contributed by atoms with Gasteiger partial charge in [-0.2, -0.15) is 13.2 Å². The third-order valence-corrected chi connectivity index (χ3v) is 5.09. The number of benzene rings is 1. The Bertz CT molecular complexity index is 790. The fourth-order valence-electron chi connectivity index (χ4n) is 3.35. The van der Waals surface area contributed by atoms with E-state index in [2.05, 4.69) is 20.6 Å². The zero-order valence-electron chi connectivity index (χ0n) is 15.6. The van der Waals surface area contributed by atoms with Crippen LogP contribution in [0.3, 0.4) is 0 Å². The number of hydrogen-bond donors (Lipinski definition) is 2. The van der Waals surface area contributed by atoms with Crippen LogP contribution < -0.4 is 10.6 Å². The second-order valence-corrected chi connectivity index (χ2v) is 6.81. The molecule has 1 aliphatic carbocycles. The zero-order valence-corrected chi connectivity index (χ0v) is 17.9. The Morgan fingerprint density at radius 3 is 2.50 bits per heavy atom. The number of hydrogen-bond acceptors (Lipinski definition) is 2. The summed E-state index contributed by atoms with van der Waals surface area (Å²) in [5.41, 5.74) is 0.737. The molecule has 0 unspecified atom stereocenters. The van der Waals surface area contributed by atoms with Gasteiger partial charge in [0.1, 0.15) is 0 Å². The lowest BCUT2D eigenvalue weighted by atomic mass is 9.64. The van der Waals surface area contributed by atoms with Crippen LogP contribution in [0, 0.1) is 0 Å². The van der Waals surface area contributed by atoms with Gasteiger partial charge in [-0.3, -0.25) is 9.98 Å². The summed E-state index contributed by atoms with van der Waals surface area (Å²) in [5, 5.41) is 6.46. The normalized spacial score (nSPS) is 15.9. The summed E-state index contributed by atoms with van der Waals surface area (Å²) in [6.07, 6.45) is 0.133. The summed E-state index contributed by atoms with van der Waals surface area (Å²) < 4.78 is 39.2. The van der Waals surface area contributed by atoms with Crippen LogP contribution in [-0.4, -0.2) is 24.5 Å². The van der Waals surface area contributed by atoms with Crippen molar-refractivity contribution >= 4 is 29.9 Å². The molecule has 8 heteroatoms. The van der Waals surface area contributed by atoms with Crippen LogP contribution >= 0.6 is 24.0 Å². The summed E-state index contributed by atoms with van der Waals surface area (Å²) in [6, 6.07) is 11.4. The lowest BCUT2D eigenvalue weighted by Gasteiger charge is -2.43. The third-order valence-electron chi connectivity index (χ3n) is 5.09. The number of guanidine groups is 1. The maximum absolute atomic E-state index is 13.1. The molecule has 1 aliphatic rings. The molecular weight excluding hydrogens is 480 g/mol. The first-order chi connectivity index (χ1) is 12.9. The molecule has 28 heavy (non-hydrogen) atoms. The van der Waals surface area contributed by atoms with Gasteiger partial charge in [0, 0.05) is 25.2 Å². The van der Waals surface area contributed by atoms with Crippen molar-refractivity contribution < 1.29 is 13.2 Å². The molecule has 0 spiro atoms. The zero-order chi connectivity index (χ0) is 19.3. The van der Waals surface area contributed by atoms with Crippen molar-refractivity contribution in [3.05, 3.63) is 65.5 Å². The summed E-state index contributed by atoms with van der Waals surface area (Å²) >= 11 is 0. The molecule has 4 nitrogen and oxygen atoms in total. The van der Waals surface area contributed by atoms with Gasteiger partial charge in [0.2, 0.25) is 0 Å². The lowest BCUT2D eigenvalue weighted by molar-refractivity contribution is -0.137. The molecule has 1 aromatic heterocycles. The van der Waals surface area contributed by atoms with Crippen LogP contribution in [-0.2, 0) is 18.1 Å². The number of nitrogens with zero attached hydrogens (tertiary/aromatic N) is 2. The van der Waals surface area contributed by atoms with Crippen molar-refractivity contribution in [3.8, 4) is 0 Å². The highest BCUT2D eigenvalue weighted by Gasteiger charge is 2.40. The number of alkyl halides is 3. The highest BCUT2D eigenvalue weighted by Crippen LogP contribution is 2.44. The van der Waals surface area contributed by atoms with Crippen molar-refractivity contribution in [2.45, 2.75) is 37.4 Å². The highest BCUT2D eigenvalue weighted by molar-refractivity contribution is 14.0. The minimum atomic E-state index is -4.32. The predicted molar refractivity (Wildman–Crippen MR) is 115 cm³/mol. The number of pyridine rings is 1. The van der Waals surface area contributed by atoms with E-state index in [4.69, 9.17) is 0 Å². The Labute approximate surface area is 180 Å². The molecule has 0 radical (unpaired) electrons. The van der Waals surface area contributed by atoms with Crippen molar-refractivity contribution in [2.75, 3.05) is 13.6 Å². The minimum Gasteiger partial charge on any atom is -0.356 e. The molecule has 1 fully saturated rings. The Morgan fingerprint density at radius 1 is 1.14 bits per heavy atom. The van der Waals surface area contributed by atoms with Crippen LogP contribution in [0.2, 0.25) is 0 Å². The Kier molecular flexibility index (Phi) is 7.68. The van der Waals surface area contributed by atoms with E-state index < -0.39 is 11.7 Å². The molecule has 0 bridgehead atoms. The van der Waals surface area contributed by atoms with Crippen LogP contribution in [0.25, 0.3) is 0 Å². The average molecular weight is 504 g/mol. The standard InChI is InChI=1S/C20H23F3N4.HI/c1-24-18(26-13-17-8-2-3-11-25-17)27-14-19(9-5-10-19)15-6-4-7-16(12-15)20(21,22)23;/h2-4,6-8,11-12H,5,9-10,13-14H2,1H3,(H2,24,26,27);1H. The Balaban J connectivity index is 0.00000280. The van der Waals surface area contributed by atoms with E-state index in [1.54, 1.807) is 19.3 Å². The number of rotatable bonds is 5. The first kappa shape index (κ1) is 22.4. The maximum atomic E-state index is 13.1. The first-order valence-electron chi connectivity index (χ1n) is 8.95. The minimum absolute atomic E-state index is 0. The van der Waals surface area contributed by atoms with Crippen molar-refractivity contribution in [2.24, 2.45) is 4.99 Å². The van der Waals surface area contributed by atoms with Gasteiger partial charge in [-0.25, -0.2) is 0 Å². The van der Waals surface area contributed by atoms with E-state index >= 15 is 0 Å². The van der Waals surface area contributed by atoms with Gasteiger partial charge in [0.25, 0.3) is 0 Å². The monoisotopic (exact) mass is 504 g/mol. The van der Waals surface area contributed by atoms with Crippen molar-refractivity contribution in [3.63, 3.8) is 0 Å². The molecule has 0 saturated heterocycles. The molecule has 152 valence electrons. The molecule has 2 N–H and O–H groups in total. The van der Waals surface area contributed by atoms with E-state index in [-0.39, 0.29) is 29.4 Å². The molecule has 1 heterocycles. The van der Waals surface area contributed by atoms with Gasteiger partial charge in [-0.1, -0.05) is 30.7 Å². The fraction of sp³-hybridized carbons (Fsp3) is 0.400. The van der Waals surface area contributed by atoms with E-state index in [1.807, 2.05) is 18.2 Å². The number of nitrogens with one attached hydrogen (secondary N) is 2. The number of aliphatic imine (C=N–C) groups is 1. The molecule has 1 aromatic carbocycles. The Morgan fingerprint density at radius 2 is 1.93 bits per heavy atom. The molecule has 0 aliphatic heterocycles. The second kappa shape index (κ2) is 9.58. The summed E-state index contributed by atoms with van der Waals surface area (Å²) in [6.45, 7) is 1.06. The number of halogens is 4. The van der Waals surface area contributed by atoms with E-state index in [0.717, 1.165) is 36.6 Å². The van der Waals surface area contributed by atoms with Crippen LogP contribution in [0.1, 0.15) is 36.1 Å². The van der Waals surface area contributed by atoms with Gasteiger partial charge in [-0.05, 0) is 36.6 Å². The predicted octanol–water partition coefficient (Wildman–Crippen LogP) is 4.51. The third kappa shape index (κ3) is 5.36. The molecule has 3 rings (SSSR count). The van der Waals surface area contributed by atoms with E-state index in [0.29, 0.717) is 19.0 Å². The highest BCUT2D eigenvalue weighted by atomic mass is 127. The van der Waals surface area contributed by atoms with Gasteiger partial charge >= 0.3 is 6.18 Å². The van der Waals surface area contributed by atoms with Gasteiger partial charge in [0.05, 0.1) is 17.8 Å². The Hall–Kier alpha value is -1.84. The van der Waals surface area contributed by atoms with Gasteiger partial charge < -0.3 is 10.6 Å². The second-order valence-electron chi connectivity index (χ2n) is 6.81. The fourth-order valence-corrected chi connectivity index (χ4v) is 3.35. The number of aromatic nitrogens is 1. The summed E-state index contributed by atoms with van der Waals surface area (Å²) in [5.74, 6) is 0.610. The topological polar surface area (TPSA) is 49.3 Å². The summed E-state index contributed by atoms with van der Waals surface area (Å²) in [4.78, 5) is 8.45. The maximum Gasteiger partial charge on any atom is 0.416 e. The van der Waals surface area contributed by atoms with Gasteiger partial charge in [-0.15, -0.1) is 24.0 Å². The summed E-state index contributed by atoms with van der Waals surface area (Å²) in [7, 11) is 1.67. The van der Waals surface area contributed by atoms with E-state index in [9.17, 15) is 13.2 Å². The van der Waals surface area contributed by atoms with Crippen LogP contribution in [0.4, 0.5) is 13.2 Å².